The summed E-state index contributed by atoms with van der Waals surface area (Å²) in [7, 11) is 0. The third-order valence-electron chi connectivity index (χ3n) is 2.56. The highest BCUT2D eigenvalue weighted by Crippen LogP contribution is 2.18. The Hall–Kier alpha value is -1.73. The van der Waals surface area contributed by atoms with E-state index in [9.17, 15) is 4.79 Å². The van der Waals surface area contributed by atoms with Crippen LogP contribution in [0.3, 0.4) is 0 Å². The van der Waals surface area contributed by atoms with E-state index in [4.69, 9.17) is 9.47 Å². The average Bonchev–Trinajstić information content (AvgIpc) is 2.88. The van der Waals surface area contributed by atoms with Gasteiger partial charge in [0, 0.05) is 6.07 Å². The van der Waals surface area contributed by atoms with E-state index in [1.165, 1.54) is 11.3 Å². The van der Waals surface area contributed by atoms with Gasteiger partial charge in [0.2, 0.25) is 5.88 Å². The van der Waals surface area contributed by atoms with E-state index < -0.39 is 5.60 Å². The van der Waals surface area contributed by atoms with Crippen LogP contribution in [0.5, 0.6) is 5.88 Å². The second-order valence-electron chi connectivity index (χ2n) is 5.74. The Kier molecular flexibility index (Phi) is 5.68. The second-order valence-corrected chi connectivity index (χ2v) is 6.52. The SMILES string of the molecule is CC(C)(C)OC(=O)CNCCCOc1ccc2n[c]sc2n1. The molecule has 0 unspecified atom stereocenters. The molecule has 6 nitrogen and oxygen atoms in total. The molecule has 0 amide bonds. The van der Waals surface area contributed by atoms with E-state index in [0.29, 0.717) is 19.0 Å². The van der Waals surface area contributed by atoms with Gasteiger partial charge in [-0.2, -0.15) is 0 Å². The first-order valence-corrected chi connectivity index (χ1v) is 7.95. The Bertz CT molecular complexity index is 622. The first kappa shape index (κ1) is 16.6. The van der Waals surface area contributed by atoms with Gasteiger partial charge in [-0.05, 0) is 39.8 Å². The molecule has 22 heavy (non-hydrogen) atoms. The van der Waals surface area contributed by atoms with Crippen molar-refractivity contribution in [3.8, 4) is 5.88 Å². The minimum atomic E-state index is -0.444. The van der Waals surface area contributed by atoms with Crippen molar-refractivity contribution in [3.05, 3.63) is 17.6 Å². The summed E-state index contributed by atoms with van der Waals surface area (Å²) in [6.07, 6.45) is 0.775. The number of rotatable bonds is 7. The van der Waals surface area contributed by atoms with Crippen molar-refractivity contribution >= 4 is 27.7 Å². The fourth-order valence-corrected chi connectivity index (χ4v) is 2.30. The van der Waals surface area contributed by atoms with Crippen LogP contribution in [-0.4, -0.2) is 41.2 Å². The number of aromatic nitrogens is 2. The number of ether oxygens (including phenoxy) is 2. The van der Waals surface area contributed by atoms with Gasteiger partial charge >= 0.3 is 5.97 Å². The first-order chi connectivity index (χ1) is 10.4. The van der Waals surface area contributed by atoms with Crippen molar-refractivity contribution < 1.29 is 14.3 Å². The number of hydrogen-bond acceptors (Lipinski definition) is 7. The largest absolute Gasteiger partial charge is 0.478 e. The van der Waals surface area contributed by atoms with E-state index in [0.717, 1.165) is 16.8 Å². The van der Waals surface area contributed by atoms with Crippen molar-refractivity contribution in [2.24, 2.45) is 0 Å². The molecular weight excluding hydrogens is 302 g/mol. The molecule has 2 heterocycles. The summed E-state index contributed by atoms with van der Waals surface area (Å²) in [4.78, 5) is 20.7. The number of fused-ring (bicyclic) bond motifs is 1. The van der Waals surface area contributed by atoms with Crippen LogP contribution >= 0.6 is 11.3 Å². The molecule has 0 spiro atoms. The van der Waals surface area contributed by atoms with Gasteiger partial charge in [0.1, 0.15) is 15.9 Å². The molecule has 0 saturated heterocycles. The number of pyridine rings is 1. The molecule has 1 radical (unpaired) electrons. The van der Waals surface area contributed by atoms with Gasteiger partial charge in [0.05, 0.1) is 13.2 Å². The molecule has 0 fully saturated rings. The molecule has 0 aliphatic heterocycles. The molecule has 0 aromatic carbocycles. The Morgan fingerprint density at radius 3 is 3.00 bits per heavy atom. The highest BCUT2D eigenvalue weighted by atomic mass is 32.1. The normalized spacial score (nSPS) is 11.6. The molecule has 2 aromatic rings. The summed E-state index contributed by atoms with van der Waals surface area (Å²) >= 11 is 1.37. The maximum atomic E-state index is 11.5. The van der Waals surface area contributed by atoms with Crippen LogP contribution in [0.25, 0.3) is 10.3 Å². The van der Waals surface area contributed by atoms with Crippen LogP contribution in [0.1, 0.15) is 27.2 Å². The lowest BCUT2D eigenvalue weighted by atomic mass is 10.2. The molecule has 0 aliphatic rings. The van der Waals surface area contributed by atoms with Gasteiger partial charge in [0.25, 0.3) is 0 Å². The standard InChI is InChI=1S/C15H20N3O3S/c1-15(2,3)21-13(19)9-16-7-4-8-20-12-6-5-11-14(18-12)22-10-17-11/h5-6,16H,4,7-9H2,1-3H3. The summed E-state index contributed by atoms with van der Waals surface area (Å²) in [5.41, 5.74) is 3.18. The number of hydrogen-bond donors (Lipinski definition) is 1. The van der Waals surface area contributed by atoms with E-state index >= 15 is 0 Å². The summed E-state index contributed by atoms with van der Waals surface area (Å²) in [6.45, 7) is 6.96. The predicted molar refractivity (Wildman–Crippen MR) is 85.1 cm³/mol. The van der Waals surface area contributed by atoms with Crippen LogP contribution in [0.15, 0.2) is 12.1 Å². The smallest absolute Gasteiger partial charge is 0.320 e. The van der Waals surface area contributed by atoms with Gasteiger partial charge < -0.3 is 14.8 Å². The van der Waals surface area contributed by atoms with Gasteiger partial charge in [-0.3, -0.25) is 4.79 Å². The van der Waals surface area contributed by atoms with Crippen LogP contribution in [0.2, 0.25) is 0 Å². The van der Waals surface area contributed by atoms with E-state index in [1.54, 1.807) is 6.07 Å². The zero-order valence-corrected chi connectivity index (χ0v) is 13.8. The van der Waals surface area contributed by atoms with Gasteiger partial charge in [-0.25, -0.2) is 9.97 Å². The first-order valence-electron chi connectivity index (χ1n) is 7.13. The Morgan fingerprint density at radius 2 is 2.23 bits per heavy atom. The highest BCUT2D eigenvalue weighted by Gasteiger charge is 2.15. The van der Waals surface area contributed by atoms with Crippen molar-refractivity contribution in [2.45, 2.75) is 32.8 Å². The fraction of sp³-hybridized carbons (Fsp3) is 0.533. The number of carbonyl (C=O) groups excluding carboxylic acids is 1. The summed E-state index contributed by atoms with van der Waals surface area (Å²) in [5.74, 6) is 0.333. The van der Waals surface area contributed by atoms with Gasteiger partial charge in [-0.15, -0.1) is 0 Å². The number of carbonyl (C=O) groups is 1. The van der Waals surface area contributed by atoms with Crippen LogP contribution < -0.4 is 10.1 Å². The highest BCUT2D eigenvalue weighted by molar-refractivity contribution is 7.15. The number of esters is 1. The van der Waals surface area contributed by atoms with E-state index in [1.807, 2.05) is 26.8 Å². The lowest BCUT2D eigenvalue weighted by Crippen LogP contribution is -2.32. The Morgan fingerprint density at radius 1 is 1.41 bits per heavy atom. The van der Waals surface area contributed by atoms with E-state index in [2.05, 4.69) is 20.8 Å². The van der Waals surface area contributed by atoms with Gasteiger partial charge in [-0.1, -0.05) is 11.3 Å². The number of nitrogens with zero attached hydrogens (tertiary/aromatic N) is 2. The van der Waals surface area contributed by atoms with Crippen LogP contribution in [0, 0.1) is 5.51 Å². The van der Waals surface area contributed by atoms with Crippen molar-refractivity contribution in [1.29, 1.82) is 0 Å². The topological polar surface area (TPSA) is 73.3 Å². The van der Waals surface area contributed by atoms with Crippen molar-refractivity contribution in [1.82, 2.24) is 15.3 Å². The maximum absolute atomic E-state index is 11.5. The van der Waals surface area contributed by atoms with Crippen LogP contribution in [0.4, 0.5) is 0 Å². The van der Waals surface area contributed by atoms with Crippen molar-refractivity contribution in [3.63, 3.8) is 0 Å². The molecule has 2 rings (SSSR count). The third-order valence-corrected chi connectivity index (χ3v) is 3.24. The molecule has 0 bridgehead atoms. The molecule has 1 N–H and O–H groups in total. The quantitative estimate of drug-likeness (QED) is 0.622. The molecule has 7 heteroatoms. The summed E-state index contributed by atoms with van der Waals surface area (Å²) in [5, 5.41) is 3.03. The minimum absolute atomic E-state index is 0.207. The monoisotopic (exact) mass is 322 g/mol. The average molecular weight is 322 g/mol. The van der Waals surface area contributed by atoms with Crippen molar-refractivity contribution in [2.75, 3.05) is 19.7 Å². The zero-order chi connectivity index (χ0) is 16.0. The lowest BCUT2D eigenvalue weighted by Gasteiger charge is -2.19. The minimum Gasteiger partial charge on any atom is -0.478 e. The number of nitrogens with one attached hydrogen (secondary N) is 1. The molecule has 0 aliphatic carbocycles. The van der Waals surface area contributed by atoms with Crippen LogP contribution in [-0.2, 0) is 9.53 Å². The Balaban J connectivity index is 1.60. The lowest BCUT2D eigenvalue weighted by molar-refractivity contribution is -0.153. The summed E-state index contributed by atoms with van der Waals surface area (Å²) in [6, 6.07) is 3.66. The Labute approximate surface area is 133 Å². The molecule has 2 aromatic heterocycles. The molecular formula is C15H20N3O3S. The third kappa shape index (κ3) is 5.57. The zero-order valence-electron chi connectivity index (χ0n) is 13.0. The molecule has 0 saturated carbocycles. The summed E-state index contributed by atoms with van der Waals surface area (Å²) < 4.78 is 10.8. The van der Waals surface area contributed by atoms with Gasteiger partial charge in [0.15, 0.2) is 5.51 Å². The number of thiazole rings is 1. The predicted octanol–water partition coefficient (Wildman–Crippen LogP) is 2.19. The maximum Gasteiger partial charge on any atom is 0.320 e. The second kappa shape index (κ2) is 7.51. The molecule has 119 valence electrons. The van der Waals surface area contributed by atoms with E-state index in [-0.39, 0.29) is 12.5 Å². The fourth-order valence-electron chi connectivity index (χ4n) is 1.71. The molecule has 0 atom stereocenters.